The van der Waals surface area contributed by atoms with E-state index in [-0.39, 0.29) is 6.42 Å². The van der Waals surface area contributed by atoms with Crippen molar-refractivity contribution in [3.63, 3.8) is 0 Å². The number of aliphatic carboxylic acids is 1. The van der Waals surface area contributed by atoms with E-state index in [1.165, 1.54) is 0 Å². The van der Waals surface area contributed by atoms with E-state index in [1.807, 2.05) is 26.0 Å². The fourth-order valence-corrected chi connectivity index (χ4v) is 1.59. The van der Waals surface area contributed by atoms with Crippen molar-refractivity contribution in [2.45, 2.75) is 20.3 Å². The highest BCUT2D eigenvalue weighted by Crippen LogP contribution is 2.24. The summed E-state index contributed by atoms with van der Waals surface area (Å²) in [4.78, 5) is 10.3. The zero-order valence-electron chi connectivity index (χ0n) is 8.80. The van der Waals surface area contributed by atoms with Gasteiger partial charge < -0.3 is 10.4 Å². The first kappa shape index (κ1) is 12.0. The molecule has 0 aliphatic heterocycles. The largest absolute Gasteiger partial charge is 0.481 e. The Morgan fingerprint density at radius 1 is 1.40 bits per heavy atom. The number of aryl methyl sites for hydroxylation is 2. The van der Waals surface area contributed by atoms with Crippen molar-refractivity contribution in [1.29, 1.82) is 0 Å². The van der Waals surface area contributed by atoms with Crippen molar-refractivity contribution in [2.75, 3.05) is 11.9 Å². The molecule has 0 aliphatic carbocycles. The van der Waals surface area contributed by atoms with E-state index in [4.69, 9.17) is 5.11 Å². The number of rotatable bonds is 4. The fourth-order valence-electron chi connectivity index (χ4n) is 1.36. The van der Waals surface area contributed by atoms with Crippen molar-refractivity contribution in [3.05, 3.63) is 27.7 Å². The zero-order chi connectivity index (χ0) is 11.4. The molecular weight excluding hydrogens is 258 g/mol. The van der Waals surface area contributed by atoms with E-state index in [0.29, 0.717) is 6.54 Å². The maximum Gasteiger partial charge on any atom is 0.305 e. The summed E-state index contributed by atoms with van der Waals surface area (Å²) in [7, 11) is 0. The number of benzene rings is 1. The zero-order valence-corrected chi connectivity index (χ0v) is 10.4. The molecule has 82 valence electrons. The summed E-state index contributed by atoms with van der Waals surface area (Å²) in [5, 5.41) is 11.6. The van der Waals surface area contributed by atoms with Gasteiger partial charge in [0.2, 0.25) is 0 Å². The molecule has 0 unspecified atom stereocenters. The molecule has 1 aromatic rings. The van der Waals surface area contributed by atoms with Gasteiger partial charge in [0.25, 0.3) is 0 Å². The average molecular weight is 272 g/mol. The number of halogens is 1. The lowest BCUT2D eigenvalue weighted by molar-refractivity contribution is -0.136. The molecular formula is C11H14BrNO2. The van der Waals surface area contributed by atoms with Gasteiger partial charge in [-0.15, -0.1) is 0 Å². The Hall–Kier alpha value is -1.03. The summed E-state index contributed by atoms with van der Waals surface area (Å²) in [6.45, 7) is 4.48. The first-order chi connectivity index (χ1) is 7.00. The number of hydrogen-bond acceptors (Lipinski definition) is 2. The van der Waals surface area contributed by atoms with E-state index in [1.54, 1.807) is 0 Å². The fraction of sp³-hybridized carbons (Fsp3) is 0.364. The molecule has 0 atom stereocenters. The van der Waals surface area contributed by atoms with Crippen molar-refractivity contribution in [2.24, 2.45) is 0 Å². The number of hydrogen-bond donors (Lipinski definition) is 2. The van der Waals surface area contributed by atoms with Crippen LogP contribution in [0, 0.1) is 13.8 Å². The van der Waals surface area contributed by atoms with Crippen LogP contribution in [0.25, 0.3) is 0 Å². The van der Waals surface area contributed by atoms with Gasteiger partial charge in [-0.25, -0.2) is 0 Å². The summed E-state index contributed by atoms with van der Waals surface area (Å²) in [5.74, 6) is -0.784. The lowest BCUT2D eigenvalue weighted by atomic mass is 10.1. The van der Waals surface area contributed by atoms with E-state index >= 15 is 0 Å². The van der Waals surface area contributed by atoms with Crippen LogP contribution in [-0.4, -0.2) is 17.6 Å². The normalized spacial score (nSPS) is 10.1. The van der Waals surface area contributed by atoms with Crippen LogP contribution in [0.4, 0.5) is 5.69 Å². The molecule has 3 nitrogen and oxygen atoms in total. The lowest BCUT2D eigenvalue weighted by Crippen LogP contribution is -2.07. The number of anilines is 1. The first-order valence-corrected chi connectivity index (χ1v) is 5.52. The van der Waals surface area contributed by atoms with Crippen LogP contribution in [0.15, 0.2) is 16.6 Å². The third-order valence-electron chi connectivity index (χ3n) is 2.10. The Bertz CT molecular complexity index is 354. The van der Waals surface area contributed by atoms with Crippen LogP contribution in [0.2, 0.25) is 0 Å². The van der Waals surface area contributed by atoms with Crippen LogP contribution in [0.5, 0.6) is 0 Å². The molecule has 2 N–H and O–H groups in total. The monoisotopic (exact) mass is 271 g/mol. The third-order valence-corrected chi connectivity index (χ3v) is 3.36. The Morgan fingerprint density at radius 3 is 2.40 bits per heavy atom. The molecule has 0 spiro atoms. The third kappa shape index (κ3) is 3.55. The average Bonchev–Trinajstić information content (AvgIpc) is 2.13. The Kier molecular flexibility index (Phi) is 4.15. The molecule has 0 bridgehead atoms. The summed E-state index contributed by atoms with van der Waals surface area (Å²) in [5.41, 5.74) is 3.26. The highest BCUT2D eigenvalue weighted by atomic mass is 79.9. The smallest absolute Gasteiger partial charge is 0.305 e. The van der Waals surface area contributed by atoms with Crippen molar-refractivity contribution < 1.29 is 9.90 Å². The number of nitrogens with one attached hydrogen (secondary N) is 1. The van der Waals surface area contributed by atoms with E-state index < -0.39 is 5.97 Å². The van der Waals surface area contributed by atoms with Crippen LogP contribution >= 0.6 is 15.9 Å². The van der Waals surface area contributed by atoms with Gasteiger partial charge >= 0.3 is 5.97 Å². The van der Waals surface area contributed by atoms with Crippen molar-refractivity contribution in [3.8, 4) is 0 Å². The Balaban J connectivity index is 2.66. The minimum absolute atomic E-state index is 0.133. The minimum atomic E-state index is -0.784. The lowest BCUT2D eigenvalue weighted by Gasteiger charge is -2.09. The van der Waals surface area contributed by atoms with Crippen LogP contribution in [0.1, 0.15) is 17.5 Å². The highest BCUT2D eigenvalue weighted by molar-refractivity contribution is 9.10. The molecule has 0 saturated heterocycles. The molecule has 0 heterocycles. The standard InChI is InChI=1S/C11H14BrNO2/c1-7-5-9(6-8(2)11(7)12)13-4-3-10(14)15/h5-6,13H,3-4H2,1-2H3,(H,14,15). The molecule has 0 amide bonds. The van der Waals surface area contributed by atoms with Crippen molar-refractivity contribution in [1.82, 2.24) is 0 Å². The maximum atomic E-state index is 10.3. The van der Waals surface area contributed by atoms with E-state index in [0.717, 1.165) is 21.3 Å². The first-order valence-electron chi connectivity index (χ1n) is 4.73. The number of carboxylic acid groups (broad SMARTS) is 1. The second-order valence-corrected chi connectivity index (χ2v) is 4.29. The molecule has 15 heavy (non-hydrogen) atoms. The van der Waals surface area contributed by atoms with Crippen molar-refractivity contribution >= 4 is 27.6 Å². The summed E-state index contributed by atoms with van der Waals surface area (Å²) >= 11 is 3.48. The topological polar surface area (TPSA) is 49.3 Å². The summed E-state index contributed by atoms with van der Waals surface area (Å²) < 4.78 is 1.10. The Morgan fingerprint density at radius 2 is 1.93 bits per heavy atom. The number of carboxylic acids is 1. The van der Waals surface area contributed by atoms with Gasteiger partial charge in [0, 0.05) is 16.7 Å². The molecule has 0 radical (unpaired) electrons. The van der Waals surface area contributed by atoms with Gasteiger partial charge in [0.1, 0.15) is 0 Å². The quantitative estimate of drug-likeness (QED) is 0.885. The van der Waals surface area contributed by atoms with Crippen LogP contribution < -0.4 is 5.32 Å². The van der Waals surface area contributed by atoms with Gasteiger partial charge in [0.15, 0.2) is 0 Å². The summed E-state index contributed by atoms with van der Waals surface area (Å²) in [6, 6.07) is 4.00. The molecule has 4 heteroatoms. The van der Waals surface area contributed by atoms with Crippen LogP contribution in [0.3, 0.4) is 0 Å². The molecule has 1 aromatic carbocycles. The van der Waals surface area contributed by atoms with Gasteiger partial charge in [-0.1, -0.05) is 15.9 Å². The van der Waals surface area contributed by atoms with Gasteiger partial charge in [-0.05, 0) is 37.1 Å². The van der Waals surface area contributed by atoms with Crippen LogP contribution in [-0.2, 0) is 4.79 Å². The highest BCUT2D eigenvalue weighted by Gasteiger charge is 2.02. The molecule has 0 saturated carbocycles. The minimum Gasteiger partial charge on any atom is -0.481 e. The van der Waals surface area contributed by atoms with Gasteiger partial charge in [-0.3, -0.25) is 4.79 Å². The molecule has 0 aromatic heterocycles. The predicted molar refractivity (Wildman–Crippen MR) is 64.4 cm³/mol. The SMILES string of the molecule is Cc1cc(NCCC(=O)O)cc(C)c1Br. The second kappa shape index (κ2) is 5.16. The summed E-state index contributed by atoms with van der Waals surface area (Å²) in [6.07, 6.45) is 0.133. The second-order valence-electron chi connectivity index (χ2n) is 3.49. The van der Waals surface area contributed by atoms with E-state index in [2.05, 4.69) is 21.2 Å². The molecule has 1 rings (SSSR count). The number of carbonyl (C=O) groups is 1. The Labute approximate surface area is 97.6 Å². The molecule has 0 aliphatic rings. The van der Waals surface area contributed by atoms with E-state index in [9.17, 15) is 4.79 Å². The predicted octanol–water partition coefficient (Wildman–Crippen LogP) is 2.95. The maximum absolute atomic E-state index is 10.3. The molecule has 0 fully saturated rings. The van der Waals surface area contributed by atoms with Gasteiger partial charge in [0.05, 0.1) is 6.42 Å². The van der Waals surface area contributed by atoms with Gasteiger partial charge in [-0.2, -0.15) is 0 Å².